The number of non-ortho nitro benzene ring substituents is 1. The summed E-state index contributed by atoms with van der Waals surface area (Å²) < 4.78 is 6.20. The van der Waals surface area contributed by atoms with Crippen molar-refractivity contribution in [2.75, 3.05) is 12.0 Å². The SMILES string of the molecule is COc1cccc(C2/C(=C(\O)c3ccc([N+](=O)[O-])cc3)C(=O)C(=O)N2c2nc3ccc(C)cc3s2)c1. The zero-order valence-electron chi connectivity index (χ0n) is 19.2. The first-order valence-electron chi connectivity index (χ1n) is 10.9. The number of amides is 1. The third kappa shape index (κ3) is 3.87. The molecule has 0 radical (unpaired) electrons. The number of hydrogen-bond donors (Lipinski definition) is 1. The van der Waals surface area contributed by atoms with Gasteiger partial charge in [-0.15, -0.1) is 0 Å². The first-order valence-corrected chi connectivity index (χ1v) is 11.7. The fourth-order valence-corrected chi connectivity index (χ4v) is 5.27. The van der Waals surface area contributed by atoms with E-state index in [1.165, 1.54) is 47.6 Å². The normalized spacial score (nSPS) is 17.1. The molecule has 2 heterocycles. The zero-order chi connectivity index (χ0) is 25.6. The van der Waals surface area contributed by atoms with Gasteiger partial charge in [0.15, 0.2) is 5.13 Å². The summed E-state index contributed by atoms with van der Waals surface area (Å²) in [5, 5.41) is 22.5. The molecular weight excluding hydrogens is 482 g/mol. The molecular formula is C26H19N3O6S. The molecule has 3 aromatic carbocycles. The third-order valence-electron chi connectivity index (χ3n) is 5.94. The van der Waals surface area contributed by atoms with E-state index in [0.717, 1.165) is 10.3 Å². The Labute approximate surface area is 209 Å². The second-order valence-corrected chi connectivity index (χ2v) is 9.23. The van der Waals surface area contributed by atoms with E-state index >= 15 is 0 Å². The standard InChI is InChI=1S/C26H19N3O6S/c1-14-6-11-19-20(12-14)36-26(27-19)28-22(16-4-3-5-18(13-16)35-2)21(24(31)25(28)32)23(30)15-7-9-17(10-8-15)29(33)34/h3-13,22,30H,1-2H3/b23-21+. The first-order chi connectivity index (χ1) is 17.3. The number of nitro groups is 1. The van der Waals surface area contributed by atoms with Crippen molar-refractivity contribution in [1.29, 1.82) is 0 Å². The number of fused-ring (bicyclic) bond motifs is 1. The topological polar surface area (TPSA) is 123 Å². The molecule has 1 atom stereocenters. The number of benzene rings is 3. The van der Waals surface area contributed by atoms with Gasteiger partial charge in [-0.1, -0.05) is 29.5 Å². The van der Waals surface area contributed by atoms with Gasteiger partial charge in [0.1, 0.15) is 11.5 Å². The number of aryl methyl sites for hydroxylation is 1. The maximum Gasteiger partial charge on any atom is 0.301 e. The van der Waals surface area contributed by atoms with Crippen molar-refractivity contribution >= 4 is 49.8 Å². The number of Topliss-reactive ketones (excluding diaryl/α,β-unsaturated/α-hetero) is 1. The minimum atomic E-state index is -0.989. The van der Waals surface area contributed by atoms with Crippen molar-refractivity contribution in [3.8, 4) is 5.75 Å². The average Bonchev–Trinajstić information content (AvgIpc) is 3.41. The molecule has 1 aliphatic rings. The molecule has 0 spiro atoms. The molecule has 1 N–H and O–H groups in total. The van der Waals surface area contributed by atoms with Crippen LogP contribution in [0.15, 0.2) is 72.3 Å². The van der Waals surface area contributed by atoms with Crippen LogP contribution < -0.4 is 9.64 Å². The molecule has 4 aromatic rings. The highest BCUT2D eigenvalue weighted by atomic mass is 32.1. The maximum atomic E-state index is 13.4. The molecule has 0 bridgehead atoms. The van der Waals surface area contributed by atoms with Gasteiger partial charge in [-0.25, -0.2) is 4.98 Å². The lowest BCUT2D eigenvalue weighted by molar-refractivity contribution is -0.384. The summed E-state index contributed by atoms with van der Waals surface area (Å²) in [6, 6.07) is 16.7. The number of ether oxygens (including phenoxy) is 1. The molecule has 5 rings (SSSR count). The Morgan fingerprint density at radius 1 is 1.11 bits per heavy atom. The van der Waals surface area contributed by atoms with Crippen molar-refractivity contribution < 1.29 is 24.4 Å². The van der Waals surface area contributed by atoms with Crippen molar-refractivity contribution in [3.63, 3.8) is 0 Å². The fourth-order valence-electron chi connectivity index (χ4n) is 4.18. The number of carbonyl (C=O) groups excluding carboxylic acids is 2. The smallest absolute Gasteiger partial charge is 0.301 e. The number of nitrogens with zero attached hydrogens (tertiary/aromatic N) is 3. The van der Waals surface area contributed by atoms with Crippen LogP contribution in [0.2, 0.25) is 0 Å². The second kappa shape index (κ2) is 8.90. The van der Waals surface area contributed by atoms with Crippen LogP contribution in [0.4, 0.5) is 10.8 Å². The summed E-state index contributed by atoms with van der Waals surface area (Å²) in [5.41, 5.74) is 2.11. The molecule has 10 heteroatoms. The summed E-state index contributed by atoms with van der Waals surface area (Å²) in [5.74, 6) is -1.64. The zero-order valence-corrected chi connectivity index (χ0v) is 20.0. The Hall–Kier alpha value is -4.57. The van der Waals surface area contributed by atoms with E-state index in [4.69, 9.17) is 4.74 Å². The predicted octanol–water partition coefficient (Wildman–Crippen LogP) is 5.15. The second-order valence-electron chi connectivity index (χ2n) is 8.22. The van der Waals surface area contributed by atoms with Crippen molar-refractivity contribution in [2.24, 2.45) is 0 Å². The maximum absolute atomic E-state index is 13.4. The van der Waals surface area contributed by atoms with Gasteiger partial charge in [-0.2, -0.15) is 0 Å². The largest absolute Gasteiger partial charge is 0.507 e. The van der Waals surface area contributed by atoms with Crippen LogP contribution in [-0.2, 0) is 9.59 Å². The van der Waals surface area contributed by atoms with Crippen LogP contribution in [0.3, 0.4) is 0 Å². The molecule has 1 aromatic heterocycles. The molecule has 36 heavy (non-hydrogen) atoms. The number of methoxy groups -OCH3 is 1. The minimum Gasteiger partial charge on any atom is -0.507 e. The summed E-state index contributed by atoms with van der Waals surface area (Å²) in [4.78, 5) is 43.0. The van der Waals surface area contributed by atoms with E-state index < -0.39 is 28.4 Å². The van der Waals surface area contributed by atoms with Crippen molar-refractivity contribution in [2.45, 2.75) is 13.0 Å². The van der Waals surface area contributed by atoms with Gasteiger partial charge in [-0.05, 0) is 54.4 Å². The number of ketones is 1. The first kappa shape index (κ1) is 23.2. The Morgan fingerprint density at radius 2 is 1.86 bits per heavy atom. The highest BCUT2D eigenvalue weighted by molar-refractivity contribution is 7.22. The van der Waals surface area contributed by atoms with Gasteiger partial charge < -0.3 is 9.84 Å². The predicted molar refractivity (Wildman–Crippen MR) is 135 cm³/mol. The lowest BCUT2D eigenvalue weighted by Crippen LogP contribution is -2.29. The van der Waals surface area contributed by atoms with Crippen LogP contribution in [-0.4, -0.2) is 33.8 Å². The summed E-state index contributed by atoms with van der Waals surface area (Å²) in [7, 11) is 1.50. The Balaban J connectivity index is 1.71. The molecule has 0 saturated carbocycles. The molecule has 1 unspecified atom stereocenters. The fraction of sp³-hybridized carbons (Fsp3) is 0.115. The highest BCUT2D eigenvalue weighted by Crippen LogP contribution is 2.45. The number of aromatic nitrogens is 1. The average molecular weight is 502 g/mol. The molecule has 1 amide bonds. The third-order valence-corrected chi connectivity index (χ3v) is 6.96. The van der Waals surface area contributed by atoms with E-state index in [9.17, 15) is 24.8 Å². The molecule has 1 aliphatic heterocycles. The van der Waals surface area contributed by atoms with E-state index in [-0.39, 0.29) is 16.8 Å². The summed E-state index contributed by atoms with van der Waals surface area (Å²) in [6.07, 6.45) is 0. The van der Waals surface area contributed by atoms with E-state index in [0.29, 0.717) is 22.0 Å². The van der Waals surface area contributed by atoms with Gasteiger partial charge in [-0.3, -0.25) is 24.6 Å². The number of aliphatic hydroxyl groups excluding tert-OH is 1. The van der Waals surface area contributed by atoms with Gasteiger partial charge in [0.2, 0.25) is 0 Å². The minimum absolute atomic E-state index is 0.141. The number of nitro benzene ring substituents is 1. The van der Waals surface area contributed by atoms with Crippen LogP contribution >= 0.6 is 11.3 Å². The summed E-state index contributed by atoms with van der Waals surface area (Å²) in [6.45, 7) is 1.95. The van der Waals surface area contributed by atoms with Gasteiger partial charge in [0.25, 0.3) is 11.5 Å². The van der Waals surface area contributed by atoms with Crippen LogP contribution in [0.1, 0.15) is 22.7 Å². The Bertz CT molecular complexity index is 1570. The molecule has 9 nitrogen and oxygen atoms in total. The molecule has 1 saturated heterocycles. The van der Waals surface area contributed by atoms with E-state index in [1.54, 1.807) is 24.3 Å². The van der Waals surface area contributed by atoms with Crippen LogP contribution in [0, 0.1) is 17.0 Å². The quantitative estimate of drug-likeness (QED) is 0.132. The monoisotopic (exact) mass is 501 g/mol. The highest BCUT2D eigenvalue weighted by Gasteiger charge is 2.48. The number of hydrogen-bond acceptors (Lipinski definition) is 8. The lowest BCUT2D eigenvalue weighted by Gasteiger charge is -2.23. The van der Waals surface area contributed by atoms with E-state index in [1.807, 2.05) is 25.1 Å². The molecule has 0 aliphatic carbocycles. The van der Waals surface area contributed by atoms with Crippen molar-refractivity contribution in [1.82, 2.24) is 4.98 Å². The summed E-state index contributed by atoms with van der Waals surface area (Å²) >= 11 is 1.27. The van der Waals surface area contributed by atoms with Crippen LogP contribution in [0.5, 0.6) is 5.75 Å². The molecule has 180 valence electrons. The van der Waals surface area contributed by atoms with E-state index in [2.05, 4.69) is 4.98 Å². The van der Waals surface area contributed by atoms with Gasteiger partial charge in [0.05, 0.1) is 33.9 Å². The number of aliphatic hydroxyl groups is 1. The van der Waals surface area contributed by atoms with Gasteiger partial charge >= 0.3 is 5.91 Å². The van der Waals surface area contributed by atoms with Crippen molar-refractivity contribution in [3.05, 3.63) is 99.1 Å². The Morgan fingerprint density at radius 3 is 2.56 bits per heavy atom. The number of anilines is 1. The number of thiazole rings is 1. The van der Waals surface area contributed by atoms with Gasteiger partial charge in [0, 0.05) is 17.7 Å². The molecule has 1 fully saturated rings. The lowest BCUT2D eigenvalue weighted by atomic mass is 9.95. The number of rotatable bonds is 5. The Kier molecular flexibility index (Phi) is 5.73. The van der Waals surface area contributed by atoms with Crippen LogP contribution in [0.25, 0.3) is 16.0 Å². The number of carbonyl (C=O) groups is 2.